The smallest absolute Gasteiger partial charge is 0.255 e. The van der Waals surface area contributed by atoms with E-state index in [0.717, 1.165) is 5.52 Å². The number of hydrogen-bond donors (Lipinski definition) is 1. The molecule has 0 saturated carbocycles. The Hall–Kier alpha value is -3.05. The fourth-order valence-electron chi connectivity index (χ4n) is 4.53. The predicted molar refractivity (Wildman–Crippen MR) is 122 cm³/mol. The average molecular weight is 515 g/mol. The molecule has 10 nitrogen and oxygen atoms in total. The van der Waals surface area contributed by atoms with Crippen LogP contribution in [-0.4, -0.2) is 88.5 Å². The third kappa shape index (κ3) is 4.30. The zero-order chi connectivity index (χ0) is 22.9. The highest BCUT2D eigenvalue weighted by Gasteiger charge is 2.43. The highest BCUT2D eigenvalue weighted by molar-refractivity contribution is 9.10. The van der Waals surface area contributed by atoms with E-state index in [1.807, 2.05) is 15.9 Å². The van der Waals surface area contributed by atoms with Crippen LogP contribution in [0.1, 0.15) is 20.7 Å². The Morgan fingerprint density at radius 1 is 1.06 bits per heavy atom. The van der Waals surface area contributed by atoms with E-state index < -0.39 is 0 Å². The number of hydrogen-bond acceptors (Lipinski definition) is 7. The van der Waals surface area contributed by atoms with Crippen molar-refractivity contribution in [2.75, 3.05) is 46.5 Å². The number of aromatic nitrogens is 4. The zero-order valence-corrected chi connectivity index (χ0v) is 19.6. The summed E-state index contributed by atoms with van der Waals surface area (Å²) in [6.07, 6.45) is 1.54. The summed E-state index contributed by atoms with van der Waals surface area (Å²) < 4.78 is 11.1. The first-order valence-electron chi connectivity index (χ1n) is 10.7. The maximum absolute atomic E-state index is 13.0. The van der Waals surface area contributed by atoms with Crippen molar-refractivity contribution in [1.29, 1.82) is 0 Å². The van der Waals surface area contributed by atoms with Crippen LogP contribution in [0.4, 0.5) is 0 Å². The molecule has 4 heterocycles. The van der Waals surface area contributed by atoms with Crippen LogP contribution >= 0.6 is 15.9 Å². The summed E-state index contributed by atoms with van der Waals surface area (Å²) in [7, 11) is 1.60. The van der Waals surface area contributed by atoms with Crippen LogP contribution < -0.4 is 4.74 Å². The number of pyridine rings is 1. The van der Waals surface area contributed by atoms with Gasteiger partial charge in [-0.15, -0.1) is 5.10 Å². The Balaban J connectivity index is 1.20. The first kappa shape index (κ1) is 21.8. The van der Waals surface area contributed by atoms with Crippen LogP contribution in [0.3, 0.4) is 0 Å². The third-order valence-electron chi connectivity index (χ3n) is 6.21. The summed E-state index contributed by atoms with van der Waals surface area (Å²) in [5.41, 5.74) is 2.59. The molecule has 3 aromatic rings. The van der Waals surface area contributed by atoms with Crippen LogP contribution in [0.25, 0.3) is 11.0 Å². The number of nitrogens with zero attached hydrogens (tertiary/aromatic N) is 5. The molecule has 0 spiro atoms. The number of ether oxygens (including phenoxy) is 2. The Kier molecular flexibility index (Phi) is 5.98. The number of carbonyl (C=O) groups excluding carboxylic acids is 2. The Morgan fingerprint density at radius 2 is 1.76 bits per heavy atom. The Morgan fingerprint density at radius 3 is 2.42 bits per heavy atom. The van der Waals surface area contributed by atoms with E-state index >= 15 is 0 Å². The number of halogens is 1. The fourth-order valence-corrected chi connectivity index (χ4v) is 5.00. The van der Waals surface area contributed by atoms with Gasteiger partial charge in [0, 0.05) is 56.9 Å². The van der Waals surface area contributed by atoms with E-state index in [2.05, 4.69) is 36.3 Å². The maximum atomic E-state index is 13.0. The highest BCUT2D eigenvalue weighted by Crippen LogP contribution is 2.33. The Bertz CT molecular complexity index is 1190. The molecule has 5 rings (SSSR count). The van der Waals surface area contributed by atoms with Gasteiger partial charge in [0.15, 0.2) is 0 Å². The molecule has 172 valence electrons. The molecule has 33 heavy (non-hydrogen) atoms. The number of nitrogens with one attached hydrogen (secondary N) is 1. The standard InChI is InChI=1S/C22H23BrN6O4/c1-32-4-5-33-20-17(23)6-14(8-24-20)22(31)29-11-15-9-28(10-16(15)12-29)21(30)13-2-3-18-19(7-13)26-27-25-18/h2-3,6-8,15-16H,4-5,9-12H2,1H3,(H,25,26,27)/t15-,16-/m1/s1. The van der Waals surface area contributed by atoms with Gasteiger partial charge in [0.25, 0.3) is 11.8 Å². The van der Waals surface area contributed by atoms with E-state index in [4.69, 9.17) is 9.47 Å². The SMILES string of the molecule is COCCOc1ncc(C(=O)N2C[C@H]3CN(C(=O)c4ccc5[nH]nnc5c4)C[C@@H]3C2)cc1Br. The number of rotatable bonds is 6. The van der Waals surface area contributed by atoms with Gasteiger partial charge < -0.3 is 19.3 Å². The highest BCUT2D eigenvalue weighted by atomic mass is 79.9. The number of benzene rings is 1. The third-order valence-corrected chi connectivity index (χ3v) is 6.78. The van der Waals surface area contributed by atoms with E-state index in [-0.39, 0.29) is 23.7 Å². The molecule has 2 aliphatic rings. The van der Waals surface area contributed by atoms with E-state index in [9.17, 15) is 9.59 Å². The van der Waals surface area contributed by atoms with Gasteiger partial charge in [0.2, 0.25) is 5.88 Å². The normalized spacial score (nSPS) is 19.8. The van der Waals surface area contributed by atoms with Crippen LogP contribution in [0, 0.1) is 11.8 Å². The minimum absolute atomic E-state index is 0.00984. The van der Waals surface area contributed by atoms with Crippen molar-refractivity contribution >= 4 is 38.8 Å². The van der Waals surface area contributed by atoms with E-state index in [1.165, 1.54) is 0 Å². The van der Waals surface area contributed by atoms with Crippen molar-refractivity contribution in [3.63, 3.8) is 0 Å². The van der Waals surface area contributed by atoms with Gasteiger partial charge >= 0.3 is 0 Å². The summed E-state index contributed by atoms with van der Waals surface area (Å²) in [6, 6.07) is 7.11. The quantitative estimate of drug-likeness (QED) is 0.500. The first-order valence-corrected chi connectivity index (χ1v) is 11.5. The summed E-state index contributed by atoms with van der Waals surface area (Å²) in [5, 5.41) is 10.5. The van der Waals surface area contributed by atoms with E-state index in [0.29, 0.717) is 66.4 Å². The average Bonchev–Trinajstić information content (AvgIpc) is 3.53. The lowest BCUT2D eigenvalue weighted by Gasteiger charge is -2.22. The van der Waals surface area contributed by atoms with Gasteiger partial charge in [0.1, 0.15) is 12.1 Å². The molecule has 2 atom stereocenters. The molecule has 1 N–H and O–H groups in total. The fraction of sp³-hybridized carbons (Fsp3) is 0.409. The lowest BCUT2D eigenvalue weighted by atomic mass is 10.0. The van der Waals surface area contributed by atoms with E-state index in [1.54, 1.807) is 31.5 Å². The second-order valence-corrected chi connectivity index (χ2v) is 9.19. The number of fused-ring (bicyclic) bond motifs is 2. The number of H-pyrrole nitrogens is 1. The molecule has 2 fully saturated rings. The molecule has 0 unspecified atom stereocenters. The topological polar surface area (TPSA) is 114 Å². The molecule has 0 aliphatic carbocycles. The number of methoxy groups -OCH3 is 1. The molecule has 2 amide bonds. The number of carbonyl (C=O) groups is 2. The van der Waals surface area contributed by atoms with Crippen molar-refractivity contribution in [2.45, 2.75) is 0 Å². The lowest BCUT2D eigenvalue weighted by Crippen LogP contribution is -2.35. The predicted octanol–water partition coefficient (Wildman–Crippen LogP) is 1.98. The molecule has 2 saturated heterocycles. The monoisotopic (exact) mass is 514 g/mol. The lowest BCUT2D eigenvalue weighted by molar-refractivity contribution is 0.0738. The minimum atomic E-state index is -0.0598. The largest absolute Gasteiger partial charge is 0.474 e. The first-order chi connectivity index (χ1) is 16.0. The summed E-state index contributed by atoms with van der Waals surface area (Å²) in [5.74, 6) is 0.892. The summed E-state index contributed by atoms with van der Waals surface area (Å²) in [4.78, 5) is 34.0. The van der Waals surface area contributed by atoms with Crippen molar-refractivity contribution in [1.82, 2.24) is 30.2 Å². The van der Waals surface area contributed by atoms with Crippen LogP contribution in [0.2, 0.25) is 0 Å². The molecular weight excluding hydrogens is 492 g/mol. The minimum Gasteiger partial charge on any atom is -0.474 e. The second kappa shape index (κ2) is 9.06. The zero-order valence-electron chi connectivity index (χ0n) is 18.0. The molecular formula is C22H23BrN6O4. The van der Waals surface area contributed by atoms with Gasteiger partial charge in [-0.3, -0.25) is 14.7 Å². The van der Waals surface area contributed by atoms with Gasteiger partial charge in [0.05, 0.1) is 22.2 Å². The van der Waals surface area contributed by atoms with Crippen molar-refractivity contribution < 1.29 is 19.1 Å². The molecule has 1 aromatic carbocycles. The van der Waals surface area contributed by atoms with Gasteiger partial charge in [-0.2, -0.15) is 0 Å². The number of likely N-dealkylation sites (tertiary alicyclic amines) is 2. The second-order valence-electron chi connectivity index (χ2n) is 8.34. The molecule has 0 radical (unpaired) electrons. The van der Waals surface area contributed by atoms with Crippen molar-refractivity contribution in [3.05, 3.63) is 46.1 Å². The van der Waals surface area contributed by atoms with Gasteiger partial charge in [-0.05, 0) is 40.2 Å². The van der Waals surface area contributed by atoms with Gasteiger partial charge in [-0.1, -0.05) is 5.21 Å². The number of amides is 2. The summed E-state index contributed by atoms with van der Waals surface area (Å²) in [6.45, 7) is 3.36. The summed E-state index contributed by atoms with van der Waals surface area (Å²) >= 11 is 3.43. The van der Waals surface area contributed by atoms with Crippen molar-refractivity contribution in [3.8, 4) is 5.88 Å². The number of aromatic amines is 1. The van der Waals surface area contributed by atoms with Gasteiger partial charge in [-0.25, -0.2) is 4.98 Å². The molecule has 2 aromatic heterocycles. The maximum Gasteiger partial charge on any atom is 0.255 e. The van der Waals surface area contributed by atoms with Crippen LogP contribution in [0.15, 0.2) is 34.9 Å². The van der Waals surface area contributed by atoms with Crippen LogP contribution in [-0.2, 0) is 4.74 Å². The molecule has 11 heteroatoms. The van der Waals surface area contributed by atoms with Crippen LogP contribution in [0.5, 0.6) is 5.88 Å². The molecule has 0 bridgehead atoms. The Labute approximate surface area is 198 Å². The van der Waals surface area contributed by atoms with Crippen molar-refractivity contribution in [2.24, 2.45) is 11.8 Å². The molecule has 2 aliphatic heterocycles.